The molecule has 0 atom stereocenters. The van der Waals surface area contributed by atoms with Crippen LogP contribution in [0.2, 0.25) is 0 Å². The first kappa shape index (κ1) is 23.2. The number of nitrogens with zero attached hydrogens (tertiary/aromatic N) is 2. The smallest absolute Gasteiger partial charge is 0.273 e. The maximum Gasteiger partial charge on any atom is 0.273 e. The molecule has 0 fully saturated rings. The zero-order valence-electron chi connectivity index (χ0n) is 18.6. The van der Waals surface area contributed by atoms with E-state index in [1.54, 1.807) is 48.8 Å². The lowest BCUT2D eigenvalue weighted by Gasteiger charge is -2.07. The third-order valence-electron chi connectivity index (χ3n) is 5.04. The molecule has 2 aromatic heterocycles. The number of nitrogens with one attached hydrogen (secondary N) is 1. The molecule has 0 aliphatic heterocycles. The van der Waals surface area contributed by atoms with E-state index in [0.717, 1.165) is 26.7 Å². The molecule has 2 aromatic carbocycles. The Balaban J connectivity index is 1.87. The van der Waals surface area contributed by atoms with Crippen LogP contribution in [-0.2, 0) is 11.3 Å². The van der Waals surface area contributed by atoms with E-state index in [1.165, 1.54) is 4.57 Å². The van der Waals surface area contributed by atoms with Gasteiger partial charge in [-0.1, -0.05) is 30.3 Å². The SMILES string of the molecule is COc1ccc(-n2c(=C(C#N)C(=O)NCc3ccccc3)sc(=Cc3ccc(C)s3)c2=O)cc1. The van der Waals surface area contributed by atoms with E-state index in [9.17, 15) is 14.9 Å². The average molecular weight is 488 g/mol. The lowest BCUT2D eigenvalue weighted by Crippen LogP contribution is -2.33. The van der Waals surface area contributed by atoms with Crippen LogP contribution in [-0.4, -0.2) is 17.6 Å². The topological polar surface area (TPSA) is 84.1 Å². The van der Waals surface area contributed by atoms with Gasteiger partial charge in [0, 0.05) is 16.3 Å². The second-order valence-electron chi connectivity index (χ2n) is 7.36. The molecule has 6 nitrogen and oxygen atoms in total. The van der Waals surface area contributed by atoms with E-state index in [0.29, 0.717) is 16.0 Å². The summed E-state index contributed by atoms with van der Waals surface area (Å²) in [4.78, 5) is 28.5. The number of hydrogen-bond donors (Lipinski definition) is 1. The molecule has 170 valence electrons. The normalized spacial score (nSPS) is 12.2. The zero-order chi connectivity index (χ0) is 24.1. The van der Waals surface area contributed by atoms with Gasteiger partial charge in [-0.3, -0.25) is 14.2 Å². The Labute approximate surface area is 204 Å². The molecule has 2 heterocycles. The lowest BCUT2D eigenvalue weighted by atomic mass is 10.2. The minimum atomic E-state index is -0.534. The summed E-state index contributed by atoms with van der Waals surface area (Å²) in [5, 5.41) is 12.7. The first-order chi connectivity index (χ1) is 16.5. The Bertz CT molecular complexity index is 1540. The van der Waals surface area contributed by atoms with Crippen molar-refractivity contribution in [1.82, 2.24) is 9.88 Å². The predicted octanol–water partition coefficient (Wildman–Crippen LogP) is 3.10. The molecule has 0 aliphatic rings. The summed E-state index contributed by atoms with van der Waals surface area (Å²) in [5.74, 6) is 0.105. The van der Waals surface area contributed by atoms with Crippen molar-refractivity contribution in [3.05, 3.63) is 102 Å². The van der Waals surface area contributed by atoms with Gasteiger partial charge in [-0.2, -0.15) is 5.26 Å². The highest BCUT2D eigenvalue weighted by atomic mass is 32.1. The van der Waals surface area contributed by atoms with Crippen molar-refractivity contribution < 1.29 is 9.53 Å². The number of nitriles is 1. The van der Waals surface area contributed by atoms with Crippen LogP contribution in [0.25, 0.3) is 17.3 Å². The number of benzene rings is 2. The number of methoxy groups -OCH3 is 1. The fraction of sp³-hybridized carbons (Fsp3) is 0.115. The molecular weight excluding hydrogens is 466 g/mol. The predicted molar refractivity (Wildman–Crippen MR) is 136 cm³/mol. The number of aromatic nitrogens is 1. The van der Waals surface area contributed by atoms with Crippen molar-refractivity contribution in [3.8, 4) is 17.5 Å². The van der Waals surface area contributed by atoms with Crippen LogP contribution < -0.4 is 24.8 Å². The van der Waals surface area contributed by atoms with Gasteiger partial charge in [0.25, 0.3) is 11.5 Å². The van der Waals surface area contributed by atoms with Crippen molar-refractivity contribution in [2.45, 2.75) is 13.5 Å². The van der Waals surface area contributed by atoms with Crippen molar-refractivity contribution in [1.29, 1.82) is 5.26 Å². The third-order valence-corrected chi connectivity index (χ3v) is 7.08. The van der Waals surface area contributed by atoms with Gasteiger partial charge < -0.3 is 10.1 Å². The highest BCUT2D eigenvalue weighted by Crippen LogP contribution is 2.16. The molecule has 0 spiro atoms. The van der Waals surface area contributed by atoms with Crippen LogP contribution in [0.15, 0.2) is 71.5 Å². The number of thiophene rings is 1. The van der Waals surface area contributed by atoms with Crippen molar-refractivity contribution in [3.63, 3.8) is 0 Å². The highest BCUT2D eigenvalue weighted by molar-refractivity contribution is 7.13. The molecule has 0 bridgehead atoms. The van der Waals surface area contributed by atoms with Crippen LogP contribution in [0.4, 0.5) is 0 Å². The van der Waals surface area contributed by atoms with Crippen LogP contribution in [0, 0.1) is 18.3 Å². The minimum Gasteiger partial charge on any atom is -0.497 e. The van der Waals surface area contributed by atoms with Crippen LogP contribution >= 0.6 is 22.7 Å². The molecule has 4 rings (SSSR count). The van der Waals surface area contributed by atoms with E-state index in [2.05, 4.69) is 5.32 Å². The number of rotatable bonds is 6. The van der Waals surface area contributed by atoms with Crippen molar-refractivity contribution in [2.75, 3.05) is 7.11 Å². The van der Waals surface area contributed by atoms with E-state index < -0.39 is 5.91 Å². The van der Waals surface area contributed by atoms with Gasteiger partial charge in [0.15, 0.2) is 5.57 Å². The summed E-state index contributed by atoms with van der Waals surface area (Å²) in [5.41, 5.74) is 1.05. The standard InChI is InChI=1S/C26H21N3O3S2/c1-17-8-13-21(33-17)14-23-25(31)29(19-9-11-20(32-2)12-10-19)26(34-23)22(15-27)24(30)28-16-18-6-4-3-5-7-18/h3-14H,16H2,1-2H3,(H,28,30). The summed E-state index contributed by atoms with van der Waals surface area (Å²) in [6, 6.07) is 22.3. The molecule has 0 saturated carbocycles. The highest BCUT2D eigenvalue weighted by Gasteiger charge is 2.17. The molecule has 0 unspecified atom stereocenters. The van der Waals surface area contributed by atoms with E-state index in [-0.39, 0.29) is 22.3 Å². The summed E-state index contributed by atoms with van der Waals surface area (Å²) in [6.07, 6.45) is 1.80. The Hall–Kier alpha value is -3.93. The molecule has 34 heavy (non-hydrogen) atoms. The Morgan fingerprint density at radius 1 is 1.09 bits per heavy atom. The fourth-order valence-corrected chi connectivity index (χ4v) is 5.33. The molecule has 8 heteroatoms. The number of ether oxygens (including phenoxy) is 1. The molecule has 0 saturated heterocycles. The fourth-order valence-electron chi connectivity index (χ4n) is 3.34. The van der Waals surface area contributed by atoms with Gasteiger partial charge in [0.1, 0.15) is 16.5 Å². The number of carbonyl (C=O) groups excluding carboxylic acids is 1. The van der Waals surface area contributed by atoms with Gasteiger partial charge in [0.2, 0.25) is 0 Å². The van der Waals surface area contributed by atoms with Gasteiger partial charge in [-0.25, -0.2) is 0 Å². The monoisotopic (exact) mass is 487 g/mol. The summed E-state index contributed by atoms with van der Waals surface area (Å²) in [6.45, 7) is 2.27. The number of carbonyl (C=O) groups is 1. The van der Waals surface area contributed by atoms with Gasteiger partial charge >= 0.3 is 0 Å². The Morgan fingerprint density at radius 2 is 1.82 bits per heavy atom. The van der Waals surface area contributed by atoms with Crippen LogP contribution in [0.3, 0.4) is 0 Å². The maximum atomic E-state index is 13.4. The first-order valence-electron chi connectivity index (χ1n) is 10.4. The third kappa shape index (κ3) is 5.01. The maximum absolute atomic E-state index is 13.4. The lowest BCUT2D eigenvalue weighted by molar-refractivity contribution is -0.115. The molecule has 0 aliphatic carbocycles. The van der Waals surface area contributed by atoms with E-state index in [1.807, 2.05) is 55.5 Å². The van der Waals surface area contributed by atoms with Gasteiger partial charge in [-0.15, -0.1) is 22.7 Å². The Morgan fingerprint density at radius 3 is 2.44 bits per heavy atom. The molecule has 1 N–H and O–H groups in total. The summed E-state index contributed by atoms with van der Waals surface area (Å²) >= 11 is 2.70. The Kier molecular flexibility index (Phi) is 7.07. The summed E-state index contributed by atoms with van der Waals surface area (Å²) in [7, 11) is 1.56. The van der Waals surface area contributed by atoms with Gasteiger partial charge in [0.05, 0.1) is 17.3 Å². The van der Waals surface area contributed by atoms with Crippen molar-refractivity contribution >= 4 is 40.2 Å². The number of thiazole rings is 1. The van der Waals surface area contributed by atoms with Gasteiger partial charge in [-0.05, 0) is 55.0 Å². The largest absolute Gasteiger partial charge is 0.497 e. The second kappa shape index (κ2) is 10.3. The van der Waals surface area contributed by atoms with Crippen molar-refractivity contribution in [2.24, 2.45) is 0 Å². The summed E-state index contributed by atoms with van der Waals surface area (Å²) < 4.78 is 7.36. The average Bonchev–Trinajstić information content (AvgIpc) is 3.41. The zero-order valence-corrected chi connectivity index (χ0v) is 20.2. The van der Waals surface area contributed by atoms with Crippen LogP contribution in [0.5, 0.6) is 5.75 Å². The quantitative estimate of drug-likeness (QED) is 0.453. The molecule has 1 amide bonds. The minimum absolute atomic E-state index is 0.115. The van der Waals surface area contributed by atoms with E-state index >= 15 is 0 Å². The number of amides is 1. The van der Waals surface area contributed by atoms with Crippen LogP contribution in [0.1, 0.15) is 15.3 Å². The molecular formula is C26H21N3O3S2. The second-order valence-corrected chi connectivity index (χ2v) is 9.71. The van der Waals surface area contributed by atoms with E-state index in [4.69, 9.17) is 4.74 Å². The first-order valence-corrected chi connectivity index (χ1v) is 12.0. The molecule has 4 aromatic rings. The molecule has 0 radical (unpaired) electrons. The number of aryl methyl sites for hydroxylation is 1. The number of hydrogen-bond acceptors (Lipinski definition) is 6.